The minimum Gasteiger partial charge on any atom is -0.465 e. The Bertz CT molecular complexity index is 693. The van der Waals surface area contributed by atoms with Gasteiger partial charge in [-0.2, -0.15) is 0 Å². The van der Waals surface area contributed by atoms with Crippen LogP contribution in [0.15, 0.2) is 30.3 Å². The van der Waals surface area contributed by atoms with E-state index in [-0.39, 0.29) is 13.2 Å². The first-order chi connectivity index (χ1) is 15.4. The molecule has 0 N–H and O–H groups in total. The number of rotatable bonds is 17. The van der Waals surface area contributed by atoms with Crippen molar-refractivity contribution in [2.24, 2.45) is 0 Å². The van der Waals surface area contributed by atoms with Crippen molar-refractivity contribution in [1.82, 2.24) is 4.90 Å². The van der Waals surface area contributed by atoms with Crippen LogP contribution in [0.1, 0.15) is 52.0 Å². The molecule has 32 heavy (non-hydrogen) atoms. The van der Waals surface area contributed by atoms with E-state index in [2.05, 4.69) is 0 Å². The highest BCUT2D eigenvalue weighted by Gasteiger charge is 2.34. The number of carbonyl (C=O) groups is 2. The van der Waals surface area contributed by atoms with Gasteiger partial charge in [0, 0.05) is 35.6 Å². The molecule has 0 bridgehead atoms. The smallest absolute Gasteiger partial charge is 0.411 e. The van der Waals surface area contributed by atoms with Gasteiger partial charge in [-0.25, -0.2) is 12.7 Å². The van der Waals surface area contributed by atoms with Crippen molar-refractivity contribution in [3.05, 3.63) is 35.9 Å². The topological polar surface area (TPSA) is 91.4 Å². The Labute approximate surface area is 200 Å². The summed E-state index contributed by atoms with van der Waals surface area (Å²) in [4.78, 5) is 25.8. The highest BCUT2D eigenvalue weighted by Crippen LogP contribution is 2.55. The summed E-state index contributed by atoms with van der Waals surface area (Å²) in [7, 11) is -3.74. The van der Waals surface area contributed by atoms with Crippen molar-refractivity contribution < 1.29 is 31.6 Å². The summed E-state index contributed by atoms with van der Waals surface area (Å²) >= 11 is 2.09. The van der Waals surface area contributed by atoms with E-state index >= 15 is 0 Å². The van der Waals surface area contributed by atoms with Crippen molar-refractivity contribution in [2.45, 2.75) is 53.1 Å². The van der Waals surface area contributed by atoms with E-state index in [4.69, 9.17) is 17.4 Å². The Kier molecular flexibility index (Phi) is 15.6. The van der Waals surface area contributed by atoms with Gasteiger partial charge in [0.2, 0.25) is 0 Å². The third kappa shape index (κ3) is 12.7. The number of esters is 1. The average molecular weight is 508 g/mol. The summed E-state index contributed by atoms with van der Waals surface area (Å²) in [5, 5.41) is 0. The molecular formula is C21H34NO7PS2. The second-order valence-corrected chi connectivity index (χ2v) is 10.8. The summed E-state index contributed by atoms with van der Waals surface area (Å²) < 4.78 is 34.7. The molecule has 0 fully saturated rings. The summed E-state index contributed by atoms with van der Waals surface area (Å²) in [6.45, 7) is 5.51. The van der Waals surface area contributed by atoms with E-state index in [1.807, 2.05) is 44.2 Å². The summed E-state index contributed by atoms with van der Waals surface area (Å²) in [6, 6.07) is 9.15. The molecule has 0 aliphatic heterocycles. The maximum atomic E-state index is 13.4. The van der Waals surface area contributed by atoms with E-state index in [1.54, 1.807) is 6.92 Å². The number of ether oxygens (including phenoxy) is 2. The molecule has 8 nitrogen and oxygen atoms in total. The van der Waals surface area contributed by atoms with Gasteiger partial charge in [0.1, 0.15) is 19.4 Å². The molecule has 0 saturated carbocycles. The number of benzene rings is 1. The van der Waals surface area contributed by atoms with E-state index in [0.29, 0.717) is 11.5 Å². The third-order valence-electron chi connectivity index (χ3n) is 3.93. The fourth-order valence-electron chi connectivity index (χ4n) is 2.26. The molecule has 0 atom stereocenters. The fraction of sp³-hybridized carbons (Fsp3) is 0.619. The minimum absolute atomic E-state index is 0.0154. The fourth-order valence-corrected chi connectivity index (χ4v) is 6.28. The second kappa shape index (κ2) is 17.3. The van der Waals surface area contributed by atoms with Crippen LogP contribution in [0.3, 0.4) is 0 Å². The zero-order chi connectivity index (χ0) is 23.7. The SMILES string of the molecule is CCCCSOP(=O)(CN(CC(=O)OCC)C(=O)OCc1ccccc1)OSCCCC. The normalized spacial score (nSPS) is 11.2. The maximum absolute atomic E-state index is 13.4. The monoisotopic (exact) mass is 507 g/mol. The lowest BCUT2D eigenvalue weighted by atomic mass is 10.2. The van der Waals surface area contributed by atoms with Crippen molar-refractivity contribution in [1.29, 1.82) is 0 Å². The number of hydrogen-bond donors (Lipinski definition) is 0. The predicted octanol–water partition coefficient (Wildman–Crippen LogP) is 6.27. The molecule has 11 heteroatoms. The lowest BCUT2D eigenvalue weighted by Crippen LogP contribution is -2.37. The number of unbranched alkanes of at least 4 members (excludes halogenated alkanes) is 2. The number of carbonyl (C=O) groups excluding carboxylic acids is 2. The van der Waals surface area contributed by atoms with Crippen LogP contribution >= 0.6 is 31.7 Å². The molecule has 182 valence electrons. The van der Waals surface area contributed by atoms with Gasteiger partial charge in [0.25, 0.3) is 0 Å². The van der Waals surface area contributed by atoms with Crippen LogP contribution in [0, 0.1) is 0 Å². The molecule has 0 aliphatic carbocycles. The highest BCUT2D eigenvalue weighted by molar-refractivity contribution is 8.01. The molecule has 0 heterocycles. The number of amides is 1. The molecule has 0 aliphatic rings. The van der Waals surface area contributed by atoms with Crippen LogP contribution in [-0.4, -0.2) is 47.9 Å². The van der Waals surface area contributed by atoms with Gasteiger partial charge in [0.05, 0.1) is 6.61 Å². The second-order valence-electron chi connectivity index (χ2n) is 6.80. The first-order valence-corrected chi connectivity index (χ1v) is 14.3. The summed E-state index contributed by atoms with van der Waals surface area (Å²) in [5.74, 6) is 0.646. The first-order valence-electron chi connectivity index (χ1n) is 10.8. The van der Waals surface area contributed by atoms with Gasteiger partial charge >= 0.3 is 19.7 Å². The van der Waals surface area contributed by atoms with Gasteiger partial charge in [0.15, 0.2) is 0 Å². The standard InChI is InChI=1S/C21H34NO7PS2/c1-4-7-14-31-28-30(25,29-32-15-8-5-2)18-22(16-20(23)26-6-3)21(24)27-17-19-12-10-9-11-13-19/h9-13H,4-8,14-18H2,1-3H3. The van der Waals surface area contributed by atoms with Crippen LogP contribution < -0.4 is 0 Å². The zero-order valence-corrected chi connectivity index (χ0v) is 21.6. The molecule has 0 spiro atoms. The predicted molar refractivity (Wildman–Crippen MR) is 129 cm³/mol. The molecule has 0 saturated heterocycles. The van der Waals surface area contributed by atoms with Gasteiger partial charge < -0.3 is 9.47 Å². The Hall–Kier alpha value is -1.19. The molecule has 1 amide bonds. The largest absolute Gasteiger partial charge is 0.465 e. The number of hydrogen-bond acceptors (Lipinski definition) is 9. The molecule has 0 radical (unpaired) electrons. The van der Waals surface area contributed by atoms with E-state index in [9.17, 15) is 14.2 Å². The maximum Gasteiger partial charge on any atom is 0.411 e. The van der Waals surface area contributed by atoms with Crippen molar-refractivity contribution in [2.75, 3.05) is 30.9 Å². The third-order valence-corrected chi connectivity index (χ3v) is 8.19. The van der Waals surface area contributed by atoms with Crippen LogP contribution in [0.5, 0.6) is 0 Å². The number of nitrogens with zero attached hydrogens (tertiary/aromatic N) is 1. The Morgan fingerprint density at radius 3 is 2.06 bits per heavy atom. The van der Waals surface area contributed by atoms with E-state index in [1.165, 1.54) is 0 Å². The first kappa shape index (κ1) is 28.8. The van der Waals surface area contributed by atoms with Crippen LogP contribution in [0.4, 0.5) is 4.79 Å². The molecule has 1 aromatic rings. The lowest BCUT2D eigenvalue weighted by Gasteiger charge is -2.25. The zero-order valence-electron chi connectivity index (χ0n) is 19.0. The van der Waals surface area contributed by atoms with E-state index < -0.39 is 32.5 Å². The Morgan fingerprint density at radius 2 is 1.53 bits per heavy atom. The molecular weight excluding hydrogens is 473 g/mol. The minimum atomic E-state index is -3.74. The molecule has 1 rings (SSSR count). The van der Waals surface area contributed by atoms with Gasteiger partial charge in [-0.3, -0.25) is 14.3 Å². The van der Waals surface area contributed by atoms with Gasteiger partial charge in [-0.15, -0.1) is 0 Å². The van der Waals surface area contributed by atoms with Crippen molar-refractivity contribution in [3.8, 4) is 0 Å². The summed E-state index contributed by atoms with van der Waals surface area (Å²) in [5.41, 5.74) is 0.790. The van der Waals surface area contributed by atoms with Crippen LogP contribution in [0.2, 0.25) is 0 Å². The Morgan fingerprint density at radius 1 is 0.938 bits per heavy atom. The van der Waals surface area contributed by atoms with E-state index in [0.717, 1.165) is 60.2 Å². The van der Waals surface area contributed by atoms with Gasteiger partial charge in [-0.05, 0) is 25.3 Å². The van der Waals surface area contributed by atoms with Crippen LogP contribution in [-0.2, 0) is 33.4 Å². The van der Waals surface area contributed by atoms with Crippen molar-refractivity contribution >= 4 is 43.7 Å². The molecule has 0 aromatic heterocycles. The molecule has 0 unspecified atom stereocenters. The summed E-state index contributed by atoms with van der Waals surface area (Å²) in [6.07, 6.45) is 2.49. The Balaban J connectivity index is 2.87. The van der Waals surface area contributed by atoms with Crippen LogP contribution in [0.25, 0.3) is 0 Å². The quantitative estimate of drug-likeness (QED) is 0.105. The lowest BCUT2D eigenvalue weighted by molar-refractivity contribution is -0.143. The molecule has 1 aromatic carbocycles. The average Bonchev–Trinajstić information content (AvgIpc) is 2.78. The van der Waals surface area contributed by atoms with Gasteiger partial charge in [-0.1, -0.05) is 57.0 Å². The highest BCUT2D eigenvalue weighted by atomic mass is 32.2. The van der Waals surface area contributed by atoms with Crippen molar-refractivity contribution in [3.63, 3.8) is 0 Å².